The van der Waals surface area contributed by atoms with E-state index in [2.05, 4.69) is 10.3 Å². The van der Waals surface area contributed by atoms with Gasteiger partial charge in [-0.3, -0.25) is 29.1 Å². The smallest absolute Gasteiger partial charge is 0.273 e. The molecule has 1 atom stereocenters. The molecule has 2 heterocycles. The summed E-state index contributed by atoms with van der Waals surface area (Å²) in [6, 6.07) is 12.6. The second-order valence-electron chi connectivity index (χ2n) is 10.6. The van der Waals surface area contributed by atoms with Crippen molar-refractivity contribution in [1.29, 1.82) is 0 Å². The number of hydrogen-bond donors (Lipinski definition) is 3. The number of benzene rings is 2. The highest BCUT2D eigenvalue weighted by Gasteiger charge is 2.29. The van der Waals surface area contributed by atoms with E-state index in [0.717, 1.165) is 48.6 Å². The van der Waals surface area contributed by atoms with E-state index < -0.39 is 28.3 Å². The van der Waals surface area contributed by atoms with Crippen molar-refractivity contribution in [2.45, 2.75) is 64.0 Å². The van der Waals surface area contributed by atoms with E-state index in [1.54, 1.807) is 6.92 Å². The zero-order valence-corrected chi connectivity index (χ0v) is 22.8. The lowest BCUT2D eigenvalue weighted by molar-refractivity contribution is -0.384. The van der Waals surface area contributed by atoms with Gasteiger partial charge in [0.05, 0.1) is 4.92 Å². The van der Waals surface area contributed by atoms with Gasteiger partial charge in [0.25, 0.3) is 17.2 Å². The minimum Gasteiger partial charge on any atom is -0.370 e. The lowest BCUT2D eigenvalue weighted by Crippen LogP contribution is -2.42. The third-order valence-corrected chi connectivity index (χ3v) is 7.65. The first-order valence-corrected chi connectivity index (χ1v) is 13.8. The Morgan fingerprint density at radius 3 is 2.54 bits per heavy atom. The summed E-state index contributed by atoms with van der Waals surface area (Å²) in [4.78, 5) is 58.7. The van der Waals surface area contributed by atoms with Crippen molar-refractivity contribution in [3.8, 4) is 11.3 Å². The van der Waals surface area contributed by atoms with Crippen LogP contribution in [0, 0.1) is 10.1 Å². The van der Waals surface area contributed by atoms with Crippen LogP contribution >= 0.6 is 0 Å². The van der Waals surface area contributed by atoms with Crippen molar-refractivity contribution < 1.29 is 14.5 Å². The Balaban J connectivity index is 1.70. The van der Waals surface area contributed by atoms with E-state index in [1.807, 2.05) is 30.5 Å². The van der Waals surface area contributed by atoms with Gasteiger partial charge in [0.2, 0.25) is 5.91 Å². The van der Waals surface area contributed by atoms with Crippen LogP contribution in [0.25, 0.3) is 22.2 Å². The number of nitro benzene ring substituents is 1. The first kappa shape index (κ1) is 27.8. The number of amides is 2. The molecule has 2 aromatic heterocycles. The van der Waals surface area contributed by atoms with Crippen molar-refractivity contribution in [3.05, 3.63) is 92.1 Å². The number of fused-ring (bicyclic) bond motifs is 1. The van der Waals surface area contributed by atoms with E-state index in [1.165, 1.54) is 28.8 Å². The molecule has 0 spiro atoms. The van der Waals surface area contributed by atoms with E-state index in [-0.39, 0.29) is 41.7 Å². The maximum atomic E-state index is 14.1. The molecule has 11 nitrogen and oxygen atoms in total. The van der Waals surface area contributed by atoms with Crippen molar-refractivity contribution >= 4 is 28.4 Å². The number of nitrogens with two attached hydrogens (primary N) is 1. The third-order valence-electron chi connectivity index (χ3n) is 7.65. The molecule has 1 fully saturated rings. The number of primary amides is 1. The predicted molar refractivity (Wildman–Crippen MR) is 155 cm³/mol. The lowest BCUT2D eigenvalue weighted by Gasteiger charge is -2.26. The highest BCUT2D eigenvalue weighted by Crippen LogP contribution is 2.28. The van der Waals surface area contributed by atoms with Gasteiger partial charge in [-0.25, -0.2) is 4.98 Å². The number of rotatable bonds is 9. The van der Waals surface area contributed by atoms with Gasteiger partial charge in [-0.15, -0.1) is 0 Å². The van der Waals surface area contributed by atoms with E-state index in [0.29, 0.717) is 5.56 Å². The van der Waals surface area contributed by atoms with Crippen molar-refractivity contribution in [2.75, 3.05) is 0 Å². The first-order chi connectivity index (χ1) is 19.7. The SMILES string of the molecule is CC(CC(N)=O)n1c(C(=O)NC2CCCCC2)c(-c2ccc([N+](=O)[O-])cc2)nc(Cc2c[nH]c3ccccc23)c1=O. The number of aromatic nitrogens is 3. The summed E-state index contributed by atoms with van der Waals surface area (Å²) in [7, 11) is 0. The molecule has 4 aromatic rings. The summed E-state index contributed by atoms with van der Waals surface area (Å²) in [5.74, 6) is -1.10. The average Bonchev–Trinajstić information content (AvgIpc) is 3.36. The number of hydrogen-bond acceptors (Lipinski definition) is 6. The first-order valence-electron chi connectivity index (χ1n) is 13.8. The zero-order chi connectivity index (χ0) is 29.1. The van der Waals surface area contributed by atoms with Crippen LogP contribution in [0.3, 0.4) is 0 Å². The number of non-ortho nitro benzene ring substituents is 1. The number of para-hydroxylation sites is 1. The number of carbonyl (C=O) groups excluding carboxylic acids is 2. The predicted octanol–water partition coefficient (Wildman–Crippen LogP) is 4.39. The van der Waals surface area contributed by atoms with Crippen molar-refractivity contribution in [3.63, 3.8) is 0 Å². The Kier molecular flexibility index (Phi) is 7.95. The molecule has 1 saturated carbocycles. The highest BCUT2D eigenvalue weighted by atomic mass is 16.6. The summed E-state index contributed by atoms with van der Waals surface area (Å²) in [5.41, 5.74) is 7.48. The summed E-state index contributed by atoms with van der Waals surface area (Å²) in [6.45, 7) is 1.67. The third kappa shape index (κ3) is 5.88. The second-order valence-corrected chi connectivity index (χ2v) is 10.6. The average molecular weight is 557 g/mol. The minimum absolute atomic E-state index is 0.00542. The zero-order valence-electron chi connectivity index (χ0n) is 22.8. The van der Waals surface area contributed by atoms with E-state index in [9.17, 15) is 24.5 Å². The number of nitro groups is 1. The molecule has 5 rings (SSSR count). The van der Waals surface area contributed by atoms with Crippen LogP contribution in [0.5, 0.6) is 0 Å². The quantitative estimate of drug-likeness (QED) is 0.204. The van der Waals surface area contributed by atoms with Gasteiger partial charge < -0.3 is 16.0 Å². The normalized spacial score (nSPS) is 14.6. The van der Waals surface area contributed by atoms with Gasteiger partial charge in [-0.05, 0) is 43.5 Å². The number of aromatic amines is 1. The van der Waals surface area contributed by atoms with Gasteiger partial charge in [0.1, 0.15) is 17.1 Å². The van der Waals surface area contributed by atoms with Crippen LogP contribution in [0.4, 0.5) is 5.69 Å². The summed E-state index contributed by atoms with van der Waals surface area (Å²) in [5, 5.41) is 15.3. The molecule has 212 valence electrons. The second kappa shape index (κ2) is 11.7. The fourth-order valence-electron chi connectivity index (χ4n) is 5.63. The number of carbonyl (C=O) groups is 2. The lowest BCUT2D eigenvalue weighted by atomic mass is 9.95. The maximum Gasteiger partial charge on any atom is 0.273 e. The highest BCUT2D eigenvalue weighted by molar-refractivity contribution is 5.98. The molecule has 1 aliphatic rings. The minimum atomic E-state index is -0.742. The molecule has 0 bridgehead atoms. The summed E-state index contributed by atoms with van der Waals surface area (Å²) >= 11 is 0. The van der Waals surface area contributed by atoms with Gasteiger partial charge in [0.15, 0.2) is 0 Å². The van der Waals surface area contributed by atoms with Gasteiger partial charge >= 0.3 is 0 Å². The van der Waals surface area contributed by atoms with E-state index in [4.69, 9.17) is 10.7 Å². The maximum absolute atomic E-state index is 14.1. The molecule has 2 aromatic carbocycles. The van der Waals surface area contributed by atoms with Crippen LogP contribution in [-0.2, 0) is 11.2 Å². The topological polar surface area (TPSA) is 166 Å². The van der Waals surface area contributed by atoms with Crippen LogP contribution < -0.4 is 16.6 Å². The van der Waals surface area contributed by atoms with Crippen LogP contribution in [0.2, 0.25) is 0 Å². The summed E-state index contributed by atoms with van der Waals surface area (Å²) < 4.78 is 1.32. The molecule has 41 heavy (non-hydrogen) atoms. The monoisotopic (exact) mass is 556 g/mol. The van der Waals surface area contributed by atoms with Crippen molar-refractivity contribution in [1.82, 2.24) is 19.9 Å². The van der Waals surface area contributed by atoms with Gasteiger partial charge in [-0.2, -0.15) is 0 Å². The molecule has 0 radical (unpaired) electrons. The fraction of sp³-hybridized carbons (Fsp3) is 0.333. The Bertz CT molecular complexity index is 1670. The molecular formula is C30H32N6O5. The Labute approximate surface area is 235 Å². The standard InChI is InChI=1S/C30H32N6O5/c1-18(15-26(31)37)35-28(29(38)33-21-7-3-2-4-8-21)27(19-11-13-22(14-12-19)36(40)41)34-25(30(35)39)16-20-17-32-24-10-6-5-9-23(20)24/h5-6,9-14,17-18,21,32H,2-4,7-8,15-16H2,1H3,(H2,31,37)(H,33,38). The molecule has 11 heteroatoms. The molecule has 2 amide bonds. The van der Waals surface area contributed by atoms with Gasteiger partial charge in [0, 0.05) is 59.7 Å². The van der Waals surface area contributed by atoms with E-state index >= 15 is 0 Å². The number of H-pyrrole nitrogens is 1. The summed E-state index contributed by atoms with van der Waals surface area (Å²) in [6.07, 6.45) is 6.55. The Morgan fingerprint density at radius 2 is 1.85 bits per heavy atom. The molecule has 0 aliphatic heterocycles. The molecule has 1 aliphatic carbocycles. The van der Waals surface area contributed by atoms with Crippen LogP contribution in [0.1, 0.15) is 73.2 Å². The number of nitrogens with zero attached hydrogens (tertiary/aromatic N) is 3. The Morgan fingerprint density at radius 1 is 1.15 bits per heavy atom. The Hall–Kier alpha value is -4.80. The van der Waals surface area contributed by atoms with Crippen LogP contribution in [0.15, 0.2) is 59.5 Å². The molecule has 1 unspecified atom stereocenters. The fourth-order valence-corrected chi connectivity index (χ4v) is 5.63. The van der Waals surface area contributed by atoms with Gasteiger partial charge in [-0.1, -0.05) is 37.5 Å². The molecule has 4 N–H and O–H groups in total. The largest absolute Gasteiger partial charge is 0.370 e. The number of nitrogens with one attached hydrogen (secondary N) is 2. The molecule has 0 saturated heterocycles. The van der Waals surface area contributed by atoms with Crippen molar-refractivity contribution in [2.24, 2.45) is 5.73 Å². The molecular weight excluding hydrogens is 524 g/mol. The van der Waals surface area contributed by atoms with Crippen LogP contribution in [-0.4, -0.2) is 37.3 Å².